The Morgan fingerprint density at radius 2 is 1.96 bits per heavy atom. The van der Waals surface area contributed by atoms with Gasteiger partial charge in [0.15, 0.2) is 17.2 Å². The summed E-state index contributed by atoms with van der Waals surface area (Å²) >= 11 is 0. The Morgan fingerprint density at radius 1 is 1.19 bits per heavy atom. The molecule has 1 aliphatic heterocycles. The average molecular weight is 373 g/mol. The molecule has 0 aliphatic carbocycles. The summed E-state index contributed by atoms with van der Waals surface area (Å²) in [6.45, 7) is -0.986. The fraction of sp³-hybridized carbons (Fsp3) is 0.211. The fourth-order valence-corrected chi connectivity index (χ4v) is 2.71. The number of halogens is 2. The lowest BCUT2D eigenvalue weighted by Gasteiger charge is -2.13. The Hall–Kier alpha value is -3.29. The van der Waals surface area contributed by atoms with Gasteiger partial charge in [0.2, 0.25) is 0 Å². The number of fused-ring (bicyclic) bond motifs is 1. The number of alkyl halides is 2. The molecule has 0 N–H and O–H groups in total. The van der Waals surface area contributed by atoms with Crippen molar-refractivity contribution in [2.45, 2.75) is 13.5 Å². The summed E-state index contributed by atoms with van der Waals surface area (Å²) < 4.78 is 35.4. The second kappa shape index (κ2) is 7.94. The molecule has 1 heterocycles. The van der Waals surface area contributed by atoms with Crippen molar-refractivity contribution in [3.8, 4) is 11.5 Å². The third-order valence-corrected chi connectivity index (χ3v) is 3.90. The van der Waals surface area contributed by atoms with Crippen molar-refractivity contribution in [1.82, 2.24) is 0 Å². The highest BCUT2D eigenvalue weighted by atomic mass is 19.3. The van der Waals surface area contributed by atoms with Gasteiger partial charge in [-0.05, 0) is 25.1 Å². The smallest absolute Gasteiger partial charge is 0.387 e. The second-order valence-electron chi connectivity index (χ2n) is 5.56. The van der Waals surface area contributed by atoms with Crippen LogP contribution >= 0.6 is 0 Å². The molecule has 0 bridgehead atoms. The van der Waals surface area contributed by atoms with Gasteiger partial charge in [0.25, 0.3) is 5.91 Å². The maximum Gasteiger partial charge on any atom is 0.387 e. The number of hydrogen-bond donors (Lipinski definition) is 0. The van der Waals surface area contributed by atoms with E-state index in [1.165, 1.54) is 17.2 Å². The van der Waals surface area contributed by atoms with Gasteiger partial charge in [-0.1, -0.05) is 24.3 Å². The number of rotatable bonds is 6. The highest BCUT2D eigenvalue weighted by Crippen LogP contribution is 2.32. The highest BCUT2D eigenvalue weighted by Gasteiger charge is 2.31. The molecular formula is C19H17F2N3O3. The van der Waals surface area contributed by atoms with E-state index >= 15 is 0 Å². The quantitative estimate of drug-likeness (QED) is 0.575. The summed E-state index contributed by atoms with van der Waals surface area (Å²) in [6.07, 6.45) is 1.25. The number of para-hydroxylation sites is 2. The van der Waals surface area contributed by atoms with Gasteiger partial charge in [0.1, 0.15) is 0 Å². The summed E-state index contributed by atoms with van der Waals surface area (Å²) in [6, 6.07) is 11.9. The molecule has 3 rings (SSSR count). The maximum absolute atomic E-state index is 12.7. The van der Waals surface area contributed by atoms with Crippen LogP contribution in [0, 0.1) is 0 Å². The minimum atomic E-state index is -3.01. The van der Waals surface area contributed by atoms with Gasteiger partial charge in [-0.25, -0.2) is 0 Å². The Balaban J connectivity index is 1.94. The third-order valence-electron chi connectivity index (χ3n) is 3.90. The molecule has 0 radical (unpaired) electrons. The molecule has 0 saturated heterocycles. The monoisotopic (exact) mass is 373 g/mol. The number of carbonyl (C=O) groups excluding carboxylic acids is 1. The first-order valence-electron chi connectivity index (χ1n) is 8.22. The first-order chi connectivity index (χ1) is 13.0. The molecule has 0 atom stereocenters. The average Bonchev–Trinajstić information content (AvgIpc) is 2.89. The minimum Gasteiger partial charge on any atom is -0.490 e. The van der Waals surface area contributed by atoms with Crippen LogP contribution in [0.5, 0.6) is 11.5 Å². The second-order valence-corrected chi connectivity index (χ2v) is 5.56. The molecule has 0 unspecified atom stereocenters. The van der Waals surface area contributed by atoms with Crippen molar-refractivity contribution in [2.24, 2.45) is 10.2 Å². The van der Waals surface area contributed by atoms with E-state index in [0.717, 1.165) is 5.69 Å². The van der Waals surface area contributed by atoms with Crippen LogP contribution in [0.3, 0.4) is 0 Å². The van der Waals surface area contributed by atoms with Crippen LogP contribution in [-0.2, 0) is 4.79 Å². The summed E-state index contributed by atoms with van der Waals surface area (Å²) in [5.41, 5.74) is 1.84. The molecule has 0 fully saturated rings. The Morgan fingerprint density at radius 3 is 2.70 bits per heavy atom. The molecule has 1 amide bonds. The van der Waals surface area contributed by atoms with Crippen molar-refractivity contribution >= 4 is 23.5 Å². The van der Waals surface area contributed by atoms with Crippen LogP contribution in [0.15, 0.2) is 52.7 Å². The van der Waals surface area contributed by atoms with Gasteiger partial charge in [-0.3, -0.25) is 4.79 Å². The summed E-state index contributed by atoms with van der Waals surface area (Å²) in [4.78, 5) is 13.8. The largest absolute Gasteiger partial charge is 0.490 e. The lowest BCUT2D eigenvalue weighted by atomic mass is 10.1. The number of ether oxygens (including phenoxy) is 2. The van der Waals surface area contributed by atoms with Gasteiger partial charge in [0.05, 0.1) is 18.5 Å². The van der Waals surface area contributed by atoms with Gasteiger partial charge in [-0.2, -0.15) is 13.9 Å². The molecule has 27 heavy (non-hydrogen) atoms. The number of benzene rings is 2. The molecule has 0 saturated carbocycles. The van der Waals surface area contributed by atoms with Crippen molar-refractivity contribution in [1.29, 1.82) is 0 Å². The molecule has 2 aromatic rings. The van der Waals surface area contributed by atoms with E-state index in [1.54, 1.807) is 44.3 Å². The molecule has 2 aromatic carbocycles. The topological polar surface area (TPSA) is 63.5 Å². The first kappa shape index (κ1) is 18.5. The lowest BCUT2D eigenvalue weighted by Crippen LogP contribution is -2.25. The van der Waals surface area contributed by atoms with E-state index in [2.05, 4.69) is 14.9 Å². The standard InChI is InChI=1S/C19H17F2N3O3/c1-3-26-15-10-6-7-12(17(15)27-19(20)21)11-22-23-16-13-8-4-5-9-14(13)24(2)18(16)25/h4-11,19H,3H2,1-2H3/b22-11-,23-16-. The molecule has 8 heteroatoms. The van der Waals surface area contributed by atoms with Crippen LogP contribution in [0.2, 0.25) is 0 Å². The van der Waals surface area contributed by atoms with E-state index in [9.17, 15) is 13.6 Å². The zero-order valence-corrected chi connectivity index (χ0v) is 14.7. The number of hydrogen-bond acceptors (Lipinski definition) is 5. The van der Waals surface area contributed by atoms with Crippen molar-refractivity contribution < 1.29 is 23.0 Å². The van der Waals surface area contributed by atoms with Gasteiger partial charge < -0.3 is 14.4 Å². The summed E-state index contributed by atoms with van der Waals surface area (Å²) in [7, 11) is 1.65. The summed E-state index contributed by atoms with van der Waals surface area (Å²) in [5.74, 6) is -0.245. The predicted molar refractivity (Wildman–Crippen MR) is 98.2 cm³/mol. The van der Waals surface area contributed by atoms with E-state index < -0.39 is 6.61 Å². The number of anilines is 1. The Labute approximate surface area is 154 Å². The minimum absolute atomic E-state index is 0.131. The number of likely N-dealkylation sites (N-methyl/N-ethyl adjacent to an activating group) is 1. The lowest BCUT2D eigenvalue weighted by molar-refractivity contribution is -0.111. The molecule has 0 spiro atoms. The van der Waals surface area contributed by atoms with Gasteiger partial charge in [0, 0.05) is 18.2 Å². The van der Waals surface area contributed by atoms with E-state index in [-0.39, 0.29) is 28.7 Å². The molecule has 1 aliphatic rings. The zero-order chi connectivity index (χ0) is 19.4. The zero-order valence-electron chi connectivity index (χ0n) is 14.7. The van der Waals surface area contributed by atoms with Crippen LogP contribution in [-0.4, -0.2) is 38.1 Å². The van der Waals surface area contributed by atoms with Crippen LogP contribution < -0.4 is 14.4 Å². The summed E-state index contributed by atoms with van der Waals surface area (Å²) in [5, 5.41) is 7.91. The predicted octanol–water partition coefficient (Wildman–Crippen LogP) is 3.49. The van der Waals surface area contributed by atoms with E-state index in [4.69, 9.17) is 4.74 Å². The first-order valence-corrected chi connectivity index (χ1v) is 8.22. The fourth-order valence-electron chi connectivity index (χ4n) is 2.71. The Kier molecular flexibility index (Phi) is 5.44. The normalized spacial score (nSPS) is 15.1. The molecule has 0 aromatic heterocycles. The van der Waals surface area contributed by atoms with Crippen molar-refractivity contribution in [3.63, 3.8) is 0 Å². The van der Waals surface area contributed by atoms with Crippen LogP contribution in [0.4, 0.5) is 14.5 Å². The van der Waals surface area contributed by atoms with E-state index in [1.807, 2.05) is 6.07 Å². The van der Waals surface area contributed by atoms with Crippen LogP contribution in [0.1, 0.15) is 18.1 Å². The molecule has 140 valence electrons. The third kappa shape index (κ3) is 3.79. The van der Waals surface area contributed by atoms with Gasteiger partial charge >= 0.3 is 6.61 Å². The SMILES string of the molecule is CCOc1cccc(/C=N\N=C2/C(=O)N(C)c3ccccc32)c1OC(F)F. The Bertz CT molecular complexity index is 913. The van der Waals surface area contributed by atoms with Crippen molar-refractivity contribution in [3.05, 3.63) is 53.6 Å². The van der Waals surface area contributed by atoms with E-state index in [0.29, 0.717) is 12.2 Å². The number of carbonyl (C=O) groups is 1. The van der Waals surface area contributed by atoms with Crippen molar-refractivity contribution in [2.75, 3.05) is 18.6 Å². The highest BCUT2D eigenvalue weighted by molar-refractivity contribution is 6.54. The van der Waals surface area contributed by atoms with Crippen LogP contribution in [0.25, 0.3) is 0 Å². The molecular weight excluding hydrogens is 356 g/mol. The van der Waals surface area contributed by atoms with Gasteiger partial charge in [-0.15, -0.1) is 5.10 Å². The number of amides is 1. The maximum atomic E-state index is 12.7. The number of nitrogens with zero attached hydrogens (tertiary/aromatic N) is 3. The molecule has 6 nitrogen and oxygen atoms in total.